The van der Waals surface area contributed by atoms with E-state index in [0.717, 1.165) is 22.9 Å². The zero-order valence-corrected chi connectivity index (χ0v) is 27.1. The van der Waals surface area contributed by atoms with E-state index in [2.05, 4.69) is 5.32 Å². The second kappa shape index (κ2) is 14.4. The molecule has 0 spiro atoms. The molecular formula is C32H39Cl2N3O4S. The average molecular weight is 633 g/mol. The second-order valence-corrected chi connectivity index (χ2v) is 14.2. The molecule has 0 aromatic heterocycles. The fourth-order valence-corrected chi connectivity index (χ4v) is 6.07. The highest BCUT2D eigenvalue weighted by molar-refractivity contribution is 7.92. The van der Waals surface area contributed by atoms with Crippen LogP contribution in [0.5, 0.6) is 0 Å². The first kappa shape index (κ1) is 33.4. The number of benzene rings is 3. The maximum atomic E-state index is 13.9. The number of carbonyl (C=O) groups is 2. The standard InChI is InChI=1S/C32H39Cl2N3O4S/c1-23-16-17-27(34)21-28(23)37(42(5,40)41)18-10-15-30(38)36(22-25-13-9-14-26(33)19-25)29(31(39)35-32(2,3)4)20-24-11-7-6-8-12-24/h6-9,11-14,16-17,19,21,29H,10,15,18,20,22H2,1-5H3,(H,35,39)/t29-/m1/s1. The van der Waals surface area contributed by atoms with Crippen molar-refractivity contribution in [2.75, 3.05) is 17.1 Å². The smallest absolute Gasteiger partial charge is 0.243 e. The van der Waals surface area contributed by atoms with Gasteiger partial charge in [0, 0.05) is 41.5 Å². The van der Waals surface area contributed by atoms with Crippen molar-refractivity contribution in [3.63, 3.8) is 0 Å². The number of aryl methyl sites for hydroxylation is 1. The van der Waals surface area contributed by atoms with Gasteiger partial charge in [0.25, 0.3) is 0 Å². The van der Waals surface area contributed by atoms with Crippen molar-refractivity contribution in [2.24, 2.45) is 0 Å². The number of rotatable bonds is 12. The maximum Gasteiger partial charge on any atom is 0.243 e. The zero-order chi connectivity index (χ0) is 31.1. The monoisotopic (exact) mass is 631 g/mol. The van der Waals surface area contributed by atoms with Crippen LogP contribution >= 0.6 is 23.2 Å². The first-order valence-corrected chi connectivity index (χ1v) is 16.4. The lowest BCUT2D eigenvalue weighted by Crippen LogP contribution is -2.54. The molecule has 0 aliphatic rings. The van der Waals surface area contributed by atoms with Crippen molar-refractivity contribution in [2.45, 2.75) is 65.1 Å². The van der Waals surface area contributed by atoms with Crippen LogP contribution in [0.3, 0.4) is 0 Å². The minimum Gasteiger partial charge on any atom is -0.350 e. The summed E-state index contributed by atoms with van der Waals surface area (Å²) in [7, 11) is -3.65. The Bertz CT molecular complexity index is 1490. The van der Waals surface area contributed by atoms with E-state index in [9.17, 15) is 18.0 Å². The molecule has 10 heteroatoms. The molecule has 0 radical (unpaired) electrons. The molecule has 0 bridgehead atoms. The number of halogens is 2. The van der Waals surface area contributed by atoms with E-state index >= 15 is 0 Å². The van der Waals surface area contributed by atoms with E-state index in [4.69, 9.17) is 23.2 Å². The van der Waals surface area contributed by atoms with Gasteiger partial charge >= 0.3 is 0 Å². The number of amides is 2. The Balaban J connectivity index is 1.92. The summed E-state index contributed by atoms with van der Waals surface area (Å²) in [5.41, 5.74) is 2.40. The van der Waals surface area contributed by atoms with Gasteiger partial charge in [-0.05, 0) is 75.1 Å². The highest BCUT2D eigenvalue weighted by atomic mass is 35.5. The summed E-state index contributed by atoms with van der Waals surface area (Å²) < 4.78 is 26.7. The van der Waals surface area contributed by atoms with Crippen LogP contribution < -0.4 is 9.62 Å². The molecule has 226 valence electrons. The van der Waals surface area contributed by atoms with Crippen molar-refractivity contribution < 1.29 is 18.0 Å². The molecule has 1 N–H and O–H groups in total. The number of nitrogens with one attached hydrogen (secondary N) is 1. The lowest BCUT2D eigenvalue weighted by Gasteiger charge is -2.34. The van der Waals surface area contributed by atoms with Gasteiger partial charge < -0.3 is 10.2 Å². The summed E-state index contributed by atoms with van der Waals surface area (Å²) in [5.74, 6) is -0.537. The van der Waals surface area contributed by atoms with Crippen molar-refractivity contribution >= 4 is 50.7 Å². The Morgan fingerprint density at radius 2 is 1.55 bits per heavy atom. The van der Waals surface area contributed by atoms with E-state index in [1.165, 1.54) is 4.31 Å². The Morgan fingerprint density at radius 3 is 2.17 bits per heavy atom. The van der Waals surface area contributed by atoms with Gasteiger partial charge in [-0.2, -0.15) is 0 Å². The van der Waals surface area contributed by atoms with Gasteiger partial charge in [-0.3, -0.25) is 13.9 Å². The molecule has 0 aliphatic carbocycles. The van der Waals surface area contributed by atoms with E-state index in [0.29, 0.717) is 22.2 Å². The quantitative estimate of drug-likeness (QED) is 0.250. The summed E-state index contributed by atoms with van der Waals surface area (Å²) in [6.45, 7) is 7.73. The van der Waals surface area contributed by atoms with Gasteiger partial charge in [0.2, 0.25) is 21.8 Å². The minimum absolute atomic E-state index is 0.0281. The van der Waals surface area contributed by atoms with Crippen LogP contribution in [0.15, 0.2) is 72.8 Å². The van der Waals surface area contributed by atoms with Crippen molar-refractivity contribution in [3.05, 3.63) is 99.5 Å². The number of sulfonamides is 1. The summed E-state index contributed by atoms with van der Waals surface area (Å²) >= 11 is 12.4. The minimum atomic E-state index is -3.65. The molecule has 0 aliphatic heterocycles. The first-order chi connectivity index (χ1) is 19.6. The van der Waals surface area contributed by atoms with Crippen LogP contribution in [0.25, 0.3) is 0 Å². The number of anilines is 1. The third-order valence-corrected chi connectivity index (χ3v) is 8.25. The number of carbonyl (C=O) groups excluding carboxylic acids is 2. The van der Waals surface area contributed by atoms with E-state index < -0.39 is 21.6 Å². The van der Waals surface area contributed by atoms with Crippen molar-refractivity contribution in [3.8, 4) is 0 Å². The first-order valence-electron chi connectivity index (χ1n) is 13.8. The van der Waals surface area contributed by atoms with Crippen molar-refractivity contribution in [1.82, 2.24) is 10.2 Å². The molecule has 0 heterocycles. The Labute approximate surface area is 259 Å². The molecule has 0 saturated heterocycles. The highest BCUT2D eigenvalue weighted by Gasteiger charge is 2.32. The highest BCUT2D eigenvalue weighted by Crippen LogP contribution is 2.27. The van der Waals surface area contributed by atoms with Crippen LogP contribution in [0.4, 0.5) is 5.69 Å². The normalized spacial score (nSPS) is 12.5. The molecule has 3 rings (SSSR count). The average Bonchev–Trinajstić information content (AvgIpc) is 2.89. The summed E-state index contributed by atoms with van der Waals surface area (Å²) in [5, 5.41) is 3.99. The molecule has 42 heavy (non-hydrogen) atoms. The van der Waals surface area contributed by atoms with Gasteiger partial charge in [0.1, 0.15) is 6.04 Å². The Kier molecular flexibility index (Phi) is 11.5. The van der Waals surface area contributed by atoms with Crippen LogP contribution in [-0.2, 0) is 32.6 Å². The van der Waals surface area contributed by atoms with Crippen LogP contribution in [0, 0.1) is 6.92 Å². The third kappa shape index (κ3) is 10.0. The molecule has 3 aromatic rings. The lowest BCUT2D eigenvalue weighted by atomic mass is 10.00. The van der Waals surface area contributed by atoms with Crippen LogP contribution in [0.2, 0.25) is 10.0 Å². The second-order valence-electron chi connectivity index (χ2n) is 11.5. The maximum absolute atomic E-state index is 13.9. The molecular weight excluding hydrogens is 593 g/mol. The van der Waals surface area contributed by atoms with E-state index in [1.807, 2.05) is 64.1 Å². The fourth-order valence-electron chi connectivity index (χ4n) is 4.67. The third-order valence-electron chi connectivity index (χ3n) is 6.60. The number of hydrogen-bond donors (Lipinski definition) is 1. The van der Waals surface area contributed by atoms with Gasteiger partial charge in [-0.1, -0.05) is 71.7 Å². The van der Waals surface area contributed by atoms with Crippen LogP contribution in [0.1, 0.15) is 50.3 Å². The fraction of sp³-hybridized carbons (Fsp3) is 0.375. The molecule has 3 aromatic carbocycles. The predicted molar refractivity (Wildman–Crippen MR) is 171 cm³/mol. The van der Waals surface area contributed by atoms with E-state index in [1.54, 1.807) is 41.3 Å². The zero-order valence-electron chi connectivity index (χ0n) is 24.7. The Morgan fingerprint density at radius 1 is 0.905 bits per heavy atom. The van der Waals surface area contributed by atoms with Gasteiger partial charge in [-0.15, -0.1) is 0 Å². The number of nitrogens with zero attached hydrogens (tertiary/aromatic N) is 2. The SMILES string of the molecule is Cc1ccc(Cl)cc1N(CCCC(=O)N(Cc1cccc(Cl)c1)[C@H](Cc1ccccc1)C(=O)NC(C)(C)C)S(C)(=O)=O. The summed E-state index contributed by atoms with van der Waals surface area (Å²) in [4.78, 5) is 29.2. The summed E-state index contributed by atoms with van der Waals surface area (Å²) in [6, 6.07) is 21.0. The van der Waals surface area contributed by atoms with Gasteiger partial charge in [0.05, 0.1) is 11.9 Å². The largest absolute Gasteiger partial charge is 0.350 e. The molecule has 0 fully saturated rings. The summed E-state index contributed by atoms with van der Waals surface area (Å²) in [6.07, 6.45) is 1.71. The predicted octanol–water partition coefficient (Wildman–Crippen LogP) is 6.40. The molecule has 2 amide bonds. The van der Waals surface area contributed by atoms with Crippen LogP contribution in [-0.4, -0.2) is 49.5 Å². The molecule has 1 atom stereocenters. The topological polar surface area (TPSA) is 86.8 Å². The molecule has 0 unspecified atom stereocenters. The van der Waals surface area contributed by atoms with Gasteiger partial charge in [0.15, 0.2) is 0 Å². The Hall–Kier alpha value is -3.07. The lowest BCUT2D eigenvalue weighted by molar-refractivity contribution is -0.142. The van der Waals surface area contributed by atoms with E-state index in [-0.39, 0.29) is 37.7 Å². The molecule has 0 saturated carbocycles. The molecule has 7 nitrogen and oxygen atoms in total. The van der Waals surface area contributed by atoms with Crippen molar-refractivity contribution in [1.29, 1.82) is 0 Å². The van der Waals surface area contributed by atoms with Gasteiger partial charge in [-0.25, -0.2) is 8.42 Å². The number of hydrogen-bond acceptors (Lipinski definition) is 4.